The summed E-state index contributed by atoms with van der Waals surface area (Å²) in [6.45, 7) is 14.7. The molecule has 7 N–H and O–H groups in total. The van der Waals surface area contributed by atoms with Gasteiger partial charge in [-0.05, 0) is 67.0 Å². The fraction of sp³-hybridized carbons (Fsp3) is 1.00. The molecular weight excluding hydrogens is 613 g/mol. The number of hydrogen-bond donors (Lipinski definition) is 7. The highest BCUT2D eigenvalue weighted by Gasteiger charge is 2.48. The molecule has 4 saturated heterocycles. The summed E-state index contributed by atoms with van der Waals surface area (Å²) in [6, 6.07) is 0.347. The van der Waals surface area contributed by atoms with E-state index in [0.717, 1.165) is 84.5 Å². The number of hydrazine groups is 1. The van der Waals surface area contributed by atoms with Crippen LogP contribution in [0.4, 0.5) is 0 Å². The zero-order chi connectivity index (χ0) is 32.2. The molecule has 4 aliphatic heterocycles. The van der Waals surface area contributed by atoms with Crippen LogP contribution in [0, 0.1) is 0 Å². The molecule has 5 rings (SSSR count). The smallest absolute Gasteiger partial charge is 0.159 e. The van der Waals surface area contributed by atoms with Crippen LogP contribution in [0.15, 0.2) is 0 Å². The second-order valence-corrected chi connectivity index (χ2v) is 18.8. The Morgan fingerprint density at radius 3 is 2.36 bits per heavy atom. The Morgan fingerprint density at radius 2 is 1.76 bits per heavy atom. The van der Waals surface area contributed by atoms with Crippen LogP contribution in [-0.2, 0) is 14.6 Å². The summed E-state index contributed by atoms with van der Waals surface area (Å²) in [5.74, 6) is 0. The molecule has 7 atom stereocenters. The first-order valence-corrected chi connectivity index (χ1v) is 19.7. The van der Waals surface area contributed by atoms with Crippen molar-refractivity contribution in [2.75, 3.05) is 80.1 Å². The fourth-order valence-corrected chi connectivity index (χ4v) is 11.3. The van der Waals surface area contributed by atoms with Gasteiger partial charge in [-0.25, -0.2) is 13.8 Å². The average Bonchev–Trinajstić information content (AvgIpc) is 3.44. The van der Waals surface area contributed by atoms with Crippen molar-refractivity contribution in [2.45, 2.75) is 110 Å². The van der Waals surface area contributed by atoms with Crippen molar-refractivity contribution in [1.82, 2.24) is 52.1 Å². The molecular formula is C30H62N10O3S2. The van der Waals surface area contributed by atoms with Crippen molar-refractivity contribution in [3.05, 3.63) is 0 Å². The van der Waals surface area contributed by atoms with Crippen LogP contribution in [0.2, 0.25) is 0 Å². The largest absolute Gasteiger partial charge is 0.375 e. The first-order valence-electron chi connectivity index (χ1n) is 17.2. The Hall–Kier alpha value is -0.140. The van der Waals surface area contributed by atoms with E-state index >= 15 is 0 Å². The SMILES string of the molecule is COC1C(NC2CC(C)NN2)NC(SC2CCC(S(=O)(=O)C(C)(C)C3CNCCN3)CC2)NC1N1CCN(CCN(C)C)CC1. The summed E-state index contributed by atoms with van der Waals surface area (Å²) in [6.07, 6.45) is 4.39. The van der Waals surface area contributed by atoms with Gasteiger partial charge in [-0.2, -0.15) is 0 Å². The number of nitrogens with one attached hydrogen (secondary N) is 7. The maximum absolute atomic E-state index is 13.9. The molecule has 0 spiro atoms. The molecule has 1 saturated carbocycles. The number of sulfone groups is 1. The van der Waals surface area contributed by atoms with Gasteiger partial charge in [0.2, 0.25) is 0 Å². The van der Waals surface area contributed by atoms with Gasteiger partial charge in [-0.15, -0.1) is 11.8 Å². The highest BCUT2D eigenvalue weighted by molar-refractivity contribution is 8.00. The number of hydrogen-bond acceptors (Lipinski definition) is 14. The van der Waals surface area contributed by atoms with E-state index in [2.05, 4.69) is 73.2 Å². The van der Waals surface area contributed by atoms with Crippen molar-refractivity contribution < 1.29 is 13.2 Å². The minimum Gasteiger partial charge on any atom is -0.375 e. The van der Waals surface area contributed by atoms with E-state index in [1.165, 1.54) is 0 Å². The lowest BCUT2D eigenvalue weighted by molar-refractivity contribution is -0.0680. The molecule has 5 fully saturated rings. The van der Waals surface area contributed by atoms with Crippen LogP contribution in [0.1, 0.15) is 52.9 Å². The topological polar surface area (TPSA) is 137 Å². The molecule has 0 radical (unpaired) electrons. The average molecular weight is 675 g/mol. The lowest BCUT2D eigenvalue weighted by Gasteiger charge is -2.50. The summed E-state index contributed by atoms with van der Waals surface area (Å²) < 4.78 is 33.2. The Morgan fingerprint density at radius 1 is 1.02 bits per heavy atom. The van der Waals surface area contributed by atoms with E-state index in [1.54, 1.807) is 0 Å². The number of ether oxygens (including phenoxy) is 1. The molecule has 5 aliphatic rings. The maximum atomic E-state index is 13.9. The Balaban J connectivity index is 1.21. The first kappa shape index (κ1) is 36.1. The molecule has 0 aromatic rings. The van der Waals surface area contributed by atoms with Crippen molar-refractivity contribution in [3.8, 4) is 0 Å². The van der Waals surface area contributed by atoms with Gasteiger partial charge < -0.3 is 20.3 Å². The van der Waals surface area contributed by atoms with E-state index in [-0.39, 0.29) is 41.4 Å². The van der Waals surface area contributed by atoms with E-state index in [0.29, 0.717) is 17.8 Å². The van der Waals surface area contributed by atoms with Crippen LogP contribution in [0.5, 0.6) is 0 Å². The lowest BCUT2D eigenvalue weighted by atomic mass is 9.99. The third kappa shape index (κ3) is 8.91. The minimum absolute atomic E-state index is 0.0320. The second-order valence-electron chi connectivity index (χ2n) is 14.6. The lowest BCUT2D eigenvalue weighted by Crippen LogP contribution is -2.75. The van der Waals surface area contributed by atoms with Gasteiger partial charge in [-0.1, -0.05) is 0 Å². The number of thioether (sulfide) groups is 1. The van der Waals surface area contributed by atoms with Crippen molar-refractivity contribution in [2.24, 2.45) is 0 Å². The number of likely N-dealkylation sites (N-methyl/N-ethyl adjacent to an activating group) is 1. The van der Waals surface area contributed by atoms with Gasteiger partial charge in [0.15, 0.2) is 9.84 Å². The van der Waals surface area contributed by atoms with Gasteiger partial charge in [0.1, 0.15) is 11.6 Å². The summed E-state index contributed by atoms with van der Waals surface area (Å²) in [5.41, 5.74) is 6.77. The zero-order valence-electron chi connectivity index (χ0n) is 28.5. The number of methoxy groups -OCH3 is 1. The van der Waals surface area contributed by atoms with Crippen LogP contribution >= 0.6 is 11.8 Å². The van der Waals surface area contributed by atoms with Crippen LogP contribution < -0.4 is 37.4 Å². The molecule has 262 valence electrons. The molecule has 0 bridgehead atoms. The Labute approximate surface area is 276 Å². The fourth-order valence-electron chi connectivity index (χ4n) is 7.63. The Bertz CT molecular complexity index is 1020. The Kier molecular flexibility index (Phi) is 12.9. The summed E-state index contributed by atoms with van der Waals surface area (Å²) in [5, 5.41) is 18.5. The highest BCUT2D eigenvalue weighted by atomic mass is 32.2. The van der Waals surface area contributed by atoms with Gasteiger partial charge in [0, 0.05) is 83.3 Å². The first-order chi connectivity index (χ1) is 21.5. The summed E-state index contributed by atoms with van der Waals surface area (Å²) in [4.78, 5) is 7.37. The highest BCUT2D eigenvalue weighted by Crippen LogP contribution is 2.38. The molecule has 15 heteroatoms. The van der Waals surface area contributed by atoms with Crippen molar-refractivity contribution in [1.29, 1.82) is 0 Å². The predicted molar refractivity (Wildman–Crippen MR) is 184 cm³/mol. The van der Waals surface area contributed by atoms with Gasteiger partial charge in [0.25, 0.3) is 0 Å². The molecule has 0 amide bonds. The van der Waals surface area contributed by atoms with Gasteiger partial charge in [0.05, 0.1) is 28.5 Å². The normalized spacial score (nSPS) is 38.2. The summed E-state index contributed by atoms with van der Waals surface area (Å²) >= 11 is 1.93. The molecule has 13 nitrogen and oxygen atoms in total. The molecule has 45 heavy (non-hydrogen) atoms. The third-order valence-electron chi connectivity index (χ3n) is 10.7. The molecule has 7 unspecified atom stereocenters. The third-order valence-corrected chi connectivity index (χ3v) is 15.2. The van der Waals surface area contributed by atoms with Gasteiger partial charge in [-0.3, -0.25) is 31.2 Å². The van der Waals surface area contributed by atoms with E-state index < -0.39 is 14.6 Å². The van der Waals surface area contributed by atoms with E-state index in [1.807, 2.05) is 32.7 Å². The second kappa shape index (κ2) is 16.0. The molecule has 1 aliphatic carbocycles. The molecule has 0 aromatic carbocycles. The number of piperazine rings is 2. The monoisotopic (exact) mass is 674 g/mol. The van der Waals surface area contributed by atoms with Crippen LogP contribution in [0.3, 0.4) is 0 Å². The molecule has 4 heterocycles. The van der Waals surface area contributed by atoms with E-state index in [4.69, 9.17) is 4.74 Å². The van der Waals surface area contributed by atoms with Crippen LogP contribution in [0.25, 0.3) is 0 Å². The molecule has 0 aromatic heterocycles. The predicted octanol–water partition coefficient (Wildman–Crippen LogP) is -1.09. The standard InChI is InChI=1S/C30H62N10O3S2/c1-21-19-25(37-36-21)33-27-26(43-6)28(40-17-15-39(16-18-40)14-13-38(4)5)35-29(34-27)44-22-7-9-23(10-8-22)45(41,42)30(2,3)24-20-31-11-12-32-24/h21-29,31-37H,7-20H2,1-6H3. The van der Waals surface area contributed by atoms with E-state index in [9.17, 15) is 8.42 Å². The zero-order valence-corrected chi connectivity index (χ0v) is 30.1. The number of nitrogens with zero attached hydrogens (tertiary/aromatic N) is 3. The quantitative estimate of drug-likeness (QED) is 0.135. The van der Waals surface area contributed by atoms with Gasteiger partial charge >= 0.3 is 0 Å². The van der Waals surface area contributed by atoms with Crippen molar-refractivity contribution >= 4 is 21.6 Å². The maximum Gasteiger partial charge on any atom is 0.159 e. The van der Waals surface area contributed by atoms with Crippen LogP contribution in [-0.4, -0.2) is 161 Å². The minimum atomic E-state index is -3.29. The summed E-state index contributed by atoms with van der Waals surface area (Å²) in [7, 11) is 2.81. The number of rotatable bonds is 12. The van der Waals surface area contributed by atoms with Crippen molar-refractivity contribution in [3.63, 3.8) is 0 Å².